The van der Waals surface area contributed by atoms with Crippen LogP contribution in [0, 0.1) is 0 Å². The second-order valence-electron chi connectivity index (χ2n) is 3.20. The maximum absolute atomic E-state index is 3.36. The molecule has 0 aromatic heterocycles. The highest BCUT2D eigenvalue weighted by atomic mass is 14.0. The van der Waals surface area contributed by atoms with Crippen molar-refractivity contribution in [3.63, 3.8) is 0 Å². The molecule has 0 unspecified atom stereocenters. The molecule has 0 heteroatoms. The van der Waals surface area contributed by atoms with Crippen LogP contribution in [-0.4, -0.2) is 0 Å². The Morgan fingerprint density at radius 1 is 0.562 bits per heavy atom. The molecule has 16 heavy (non-hydrogen) atoms. The van der Waals surface area contributed by atoms with Gasteiger partial charge in [0.1, 0.15) is 0 Å². The normalized spacial score (nSPS) is 8.50. The standard InChI is InChI=1S/C12H10.C4H6/c1-3-7-11(8-4-1)12-9-5-2-6-10-12;1-3-4-2/h1-10H;3-4H,1-2H2. The fraction of sp³-hybridized carbons (Fsp3) is 0. The topological polar surface area (TPSA) is 0 Å². The minimum atomic E-state index is 1.28. The lowest BCUT2D eigenvalue weighted by molar-refractivity contribution is 1.62. The van der Waals surface area contributed by atoms with Gasteiger partial charge < -0.3 is 0 Å². The van der Waals surface area contributed by atoms with Crippen molar-refractivity contribution < 1.29 is 0 Å². The van der Waals surface area contributed by atoms with Crippen LogP contribution in [0.2, 0.25) is 0 Å². The molecule has 0 radical (unpaired) electrons. The summed E-state index contributed by atoms with van der Waals surface area (Å²) in [5, 5.41) is 0. The highest BCUT2D eigenvalue weighted by molar-refractivity contribution is 5.62. The van der Waals surface area contributed by atoms with Gasteiger partial charge in [-0.3, -0.25) is 0 Å². The van der Waals surface area contributed by atoms with Crippen LogP contribution in [0.5, 0.6) is 0 Å². The Labute approximate surface area is 97.6 Å². The first-order valence-corrected chi connectivity index (χ1v) is 5.22. The Bertz CT molecular complexity index is 369. The lowest BCUT2D eigenvalue weighted by Gasteiger charge is -1.98. The highest BCUT2D eigenvalue weighted by Gasteiger charge is 1.91. The number of rotatable bonds is 2. The minimum absolute atomic E-state index is 1.28. The molecular weight excluding hydrogens is 192 g/mol. The second kappa shape index (κ2) is 7.24. The monoisotopic (exact) mass is 208 g/mol. The molecule has 0 atom stereocenters. The summed E-state index contributed by atoms with van der Waals surface area (Å²) >= 11 is 0. The largest absolute Gasteiger partial charge is 0.0991 e. The van der Waals surface area contributed by atoms with Gasteiger partial charge in [-0.2, -0.15) is 0 Å². The van der Waals surface area contributed by atoms with E-state index in [0.717, 1.165) is 0 Å². The van der Waals surface area contributed by atoms with E-state index in [1.807, 2.05) is 12.1 Å². The summed E-state index contributed by atoms with van der Waals surface area (Å²) in [7, 11) is 0. The van der Waals surface area contributed by atoms with Gasteiger partial charge in [0, 0.05) is 0 Å². The molecule has 80 valence electrons. The van der Waals surface area contributed by atoms with Crippen LogP contribution in [0.1, 0.15) is 0 Å². The second-order valence-corrected chi connectivity index (χ2v) is 3.20. The average molecular weight is 208 g/mol. The molecule has 2 rings (SSSR count). The van der Waals surface area contributed by atoms with Crippen LogP contribution in [0.25, 0.3) is 11.1 Å². The van der Waals surface area contributed by atoms with Gasteiger partial charge in [0.25, 0.3) is 0 Å². The molecule has 0 amide bonds. The fourth-order valence-corrected chi connectivity index (χ4v) is 1.26. The summed E-state index contributed by atoms with van der Waals surface area (Å²) in [6.07, 6.45) is 3.28. The van der Waals surface area contributed by atoms with Crippen LogP contribution in [0.3, 0.4) is 0 Å². The van der Waals surface area contributed by atoms with Gasteiger partial charge in [0.05, 0.1) is 0 Å². The molecule has 0 aliphatic heterocycles. The molecule has 0 spiro atoms. The van der Waals surface area contributed by atoms with Gasteiger partial charge in [0.15, 0.2) is 0 Å². The van der Waals surface area contributed by atoms with E-state index in [9.17, 15) is 0 Å². The third-order valence-corrected chi connectivity index (χ3v) is 2.05. The summed E-state index contributed by atoms with van der Waals surface area (Å²) in [6.45, 7) is 6.72. The van der Waals surface area contributed by atoms with Gasteiger partial charge >= 0.3 is 0 Å². The minimum Gasteiger partial charge on any atom is -0.0991 e. The van der Waals surface area contributed by atoms with E-state index < -0.39 is 0 Å². The SMILES string of the molecule is C=CC=C.c1ccc(-c2ccccc2)cc1. The fourth-order valence-electron chi connectivity index (χ4n) is 1.26. The van der Waals surface area contributed by atoms with Crippen molar-refractivity contribution in [2.75, 3.05) is 0 Å². The molecular formula is C16H16. The Hall–Kier alpha value is -2.08. The predicted octanol–water partition coefficient (Wildman–Crippen LogP) is 4.71. The van der Waals surface area contributed by atoms with E-state index in [1.54, 1.807) is 12.2 Å². The summed E-state index contributed by atoms with van der Waals surface area (Å²) in [5.74, 6) is 0. The summed E-state index contributed by atoms with van der Waals surface area (Å²) < 4.78 is 0. The molecule has 0 heterocycles. The first kappa shape index (κ1) is 12.0. The van der Waals surface area contributed by atoms with E-state index in [-0.39, 0.29) is 0 Å². The third kappa shape index (κ3) is 3.97. The quantitative estimate of drug-likeness (QED) is 0.627. The Morgan fingerprint density at radius 3 is 1.12 bits per heavy atom. The van der Waals surface area contributed by atoms with Gasteiger partial charge in [-0.25, -0.2) is 0 Å². The van der Waals surface area contributed by atoms with Gasteiger partial charge in [-0.1, -0.05) is 86.0 Å². The number of hydrogen-bond acceptors (Lipinski definition) is 0. The smallest absolute Gasteiger partial charge is 0.0184 e. The van der Waals surface area contributed by atoms with Crippen molar-refractivity contribution in [2.45, 2.75) is 0 Å². The lowest BCUT2D eigenvalue weighted by Crippen LogP contribution is -1.73. The zero-order chi connectivity index (χ0) is 11.6. The summed E-state index contributed by atoms with van der Waals surface area (Å²) in [6, 6.07) is 20.8. The van der Waals surface area contributed by atoms with E-state index >= 15 is 0 Å². The maximum Gasteiger partial charge on any atom is -0.0184 e. The molecule has 0 N–H and O–H groups in total. The van der Waals surface area contributed by atoms with Crippen molar-refractivity contribution in [1.29, 1.82) is 0 Å². The first-order chi connectivity index (χ1) is 7.88. The van der Waals surface area contributed by atoms with Crippen molar-refractivity contribution >= 4 is 0 Å². The summed E-state index contributed by atoms with van der Waals surface area (Å²) in [4.78, 5) is 0. The Morgan fingerprint density at radius 2 is 0.875 bits per heavy atom. The zero-order valence-electron chi connectivity index (χ0n) is 9.34. The van der Waals surface area contributed by atoms with E-state index in [1.165, 1.54) is 11.1 Å². The summed E-state index contributed by atoms with van der Waals surface area (Å²) in [5.41, 5.74) is 2.55. The lowest BCUT2D eigenvalue weighted by atomic mass is 10.1. The maximum atomic E-state index is 3.36. The predicted molar refractivity (Wildman–Crippen MR) is 72.3 cm³/mol. The Balaban J connectivity index is 0.000000280. The van der Waals surface area contributed by atoms with Crippen LogP contribution in [-0.2, 0) is 0 Å². The highest BCUT2D eigenvalue weighted by Crippen LogP contribution is 2.17. The molecule has 2 aromatic carbocycles. The number of hydrogen-bond donors (Lipinski definition) is 0. The van der Waals surface area contributed by atoms with Crippen molar-refractivity contribution in [1.82, 2.24) is 0 Å². The molecule has 0 bridgehead atoms. The zero-order valence-corrected chi connectivity index (χ0v) is 9.34. The Kier molecular flexibility index (Phi) is 5.43. The van der Waals surface area contributed by atoms with Crippen molar-refractivity contribution in [2.24, 2.45) is 0 Å². The molecule has 0 nitrogen and oxygen atoms in total. The molecule has 0 aliphatic carbocycles. The molecule has 0 saturated heterocycles. The van der Waals surface area contributed by atoms with Gasteiger partial charge in [-0.15, -0.1) is 0 Å². The number of benzene rings is 2. The van der Waals surface area contributed by atoms with E-state index in [2.05, 4.69) is 61.7 Å². The molecule has 2 aromatic rings. The van der Waals surface area contributed by atoms with Gasteiger partial charge in [-0.05, 0) is 11.1 Å². The van der Waals surface area contributed by atoms with Crippen LogP contribution >= 0.6 is 0 Å². The van der Waals surface area contributed by atoms with Crippen molar-refractivity contribution in [3.8, 4) is 11.1 Å². The van der Waals surface area contributed by atoms with Crippen molar-refractivity contribution in [3.05, 3.63) is 86.0 Å². The molecule has 0 fully saturated rings. The first-order valence-electron chi connectivity index (χ1n) is 5.22. The van der Waals surface area contributed by atoms with Crippen LogP contribution < -0.4 is 0 Å². The van der Waals surface area contributed by atoms with E-state index in [4.69, 9.17) is 0 Å². The molecule has 0 saturated carbocycles. The van der Waals surface area contributed by atoms with Crippen LogP contribution in [0.4, 0.5) is 0 Å². The number of allylic oxidation sites excluding steroid dienone is 2. The molecule has 0 aliphatic rings. The average Bonchev–Trinajstić information content (AvgIpc) is 2.41. The third-order valence-electron chi connectivity index (χ3n) is 2.05. The van der Waals surface area contributed by atoms with E-state index in [0.29, 0.717) is 0 Å². The van der Waals surface area contributed by atoms with Crippen LogP contribution in [0.15, 0.2) is 86.0 Å². The van der Waals surface area contributed by atoms with Gasteiger partial charge in [0.2, 0.25) is 0 Å².